The number of fused-ring (bicyclic) bond motifs is 5. The first-order chi connectivity index (χ1) is 14.8. The monoisotopic (exact) mass is 432 g/mol. The summed E-state index contributed by atoms with van der Waals surface area (Å²) in [5.74, 6) is -4.19. The van der Waals surface area contributed by atoms with E-state index < -0.39 is 58.5 Å². The fourth-order valence-electron chi connectivity index (χ4n) is 4.59. The van der Waals surface area contributed by atoms with Gasteiger partial charge in [0, 0.05) is 24.3 Å². The molecule has 4 heterocycles. The molecule has 162 valence electrons. The van der Waals surface area contributed by atoms with Crippen molar-refractivity contribution in [3.05, 3.63) is 57.3 Å². The van der Waals surface area contributed by atoms with Gasteiger partial charge < -0.3 is 24.6 Å². The minimum Gasteiger partial charge on any atom is -0.503 e. The molecule has 2 bridgehead atoms. The summed E-state index contributed by atoms with van der Waals surface area (Å²) < 4.78 is 34.7. The summed E-state index contributed by atoms with van der Waals surface area (Å²) in [6.07, 6.45) is 4.63. The van der Waals surface area contributed by atoms with Crippen LogP contribution < -0.4 is 10.7 Å². The topological polar surface area (TPSA) is 114 Å². The van der Waals surface area contributed by atoms with Gasteiger partial charge in [0.25, 0.3) is 11.8 Å². The number of hydrogen-bond donors (Lipinski definition) is 2. The standard InChI is InChI=1S/C20H18F2N4O5/c21-13-5-23-6-14(22)11(13)4-24-19(29)12-7-25-8-15-26(9-1-2-10(3-9)31-15)20(30)16(25)18(28)17(12)27/h5-7,9-10,15,28H,1-4,8H2,(H,24,29)/t9?,10?,15-/m1/s1. The minimum absolute atomic E-state index is 0.00682. The van der Waals surface area contributed by atoms with Crippen LogP contribution in [0.5, 0.6) is 5.75 Å². The highest BCUT2D eigenvalue weighted by atomic mass is 19.1. The molecule has 2 aromatic heterocycles. The summed E-state index contributed by atoms with van der Waals surface area (Å²) in [4.78, 5) is 43.1. The predicted octanol–water partition coefficient (Wildman–Crippen LogP) is 0.890. The lowest BCUT2D eigenvalue weighted by Gasteiger charge is -2.44. The maximum absolute atomic E-state index is 13.7. The van der Waals surface area contributed by atoms with E-state index in [-0.39, 0.29) is 24.4 Å². The zero-order valence-electron chi connectivity index (χ0n) is 16.2. The number of hydrogen-bond acceptors (Lipinski definition) is 6. The van der Waals surface area contributed by atoms with E-state index in [4.69, 9.17) is 4.74 Å². The highest BCUT2D eigenvalue weighted by Crippen LogP contribution is 2.38. The number of halogens is 2. The van der Waals surface area contributed by atoms with Crippen LogP contribution in [-0.4, -0.2) is 49.7 Å². The third kappa shape index (κ3) is 3.07. The highest BCUT2D eigenvalue weighted by Gasteiger charge is 2.47. The minimum atomic E-state index is -1.03. The van der Waals surface area contributed by atoms with Crippen molar-refractivity contribution in [2.45, 2.75) is 50.7 Å². The van der Waals surface area contributed by atoms with Crippen molar-refractivity contribution in [3.63, 3.8) is 0 Å². The summed E-state index contributed by atoms with van der Waals surface area (Å²) in [6, 6.07) is -0.00682. The summed E-state index contributed by atoms with van der Waals surface area (Å²) in [7, 11) is 0. The fourth-order valence-corrected chi connectivity index (χ4v) is 4.59. The number of carbonyl (C=O) groups is 2. The van der Waals surface area contributed by atoms with Crippen molar-refractivity contribution in [1.82, 2.24) is 19.8 Å². The lowest BCUT2D eigenvalue weighted by molar-refractivity contribution is -0.132. The third-order valence-electron chi connectivity index (χ3n) is 6.08. The number of pyridine rings is 2. The van der Waals surface area contributed by atoms with Crippen molar-refractivity contribution in [2.24, 2.45) is 0 Å². The van der Waals surface area contributed by atoms with Crippen LogP contribution >= 0.6 is 0 Å². The van der Waals surface area contributed by atoms with E-state index in [0.29, 0.717) is 0 Å². The van der Waals surface area contributed by atoms with Gasteiger partial charge in [-0.3, -0.25) is 19.4 Å². The maximum atomic E-state index is 13.7. The molecule has 2 aromatic rings. The van der Waals surface area contributed by atoms with Crippen molar-refractivity contribution in [2.75, 3.05) is 0 Å². The van der Waals surface area contributed by atoms with Gasteiger partial charge in [0.15, 0.2) is 17.7 Å². The average Bonchev–Trinajstić information content (AvgIpc) is 3.10. The van der Waals surface area contributed by atoms with Crippen LogP contribution in [0.15, 0.2) is 23.4 Å². The van der Waals surface area contributed by atoms with Crippen molar-refractivity contribution >= 4 is 11.8 Å². The molecule has 2 unspecified atom stereocenters. The van der Waals surface area contributed by atoms with Crippen LogP contribution in [0, 0.1) is 11.6 Å². The largest absolute Gasteiger partial charge is 0.503 e. The number of ether oxygens (including phenoxy) is 1. The fraction of sp³-hybridized carbons (Fsp3) is 0.400. The van der Waals surface area contributed by atoms with E-state index in [1.165, 1.54) is 10.8 Å². The predicted molar refractivity (Wildman–Crippen MR) is 100 cm³/mol. The average molecular weight is 432 g/mol. The first-order valence-electron chi connectivity index (χ1n) is 9.85. The third-order valence-corrected chi connectivity index (χ3v) is 6.08. The van der Waals surface area contributed by atoms with E-state index >= 15 is 0 Å². The Hall–Kier alpha value is -3.34. The number of aromatic hydroxyl groups is 1. The highest BCUT2D eigenvalue weighted by molar-refractivity contribution is 5.99. The van der Waals surface area contributed by atoms with Gasteiger partial charge in [-0.2, -0.15) is 0 Å². The Bertz CT molecular complexity index is 1150. The van der Waals surface area contributed by atoms with Gasteiger partial charge in [0.1, 0.15) is 17.2 Å². The molecule has 11 heteroatoms. The Morgan fingerprint density at radius 2 is 2.00 bits per heavy atom. The molecule has 2 fully saturated rings. The molecule has 9 nitrogen and oxygen atoms in total. The molecule has 0 aromatic carbocycles. The van der Waals surface area contributed by atoms with E-state index in [1.807, 2.05) is 0 Å². The van der Waals surface area contributed by atoms with Crippen molar-refractivity contribution in [1.29, 1.82) is 0 Å². The molecule has 2 aliphatic heterocycles. The molecule has 31 heavy (non-hydrogen) atoms. The number of carbonyl (C=O) groups excluding carboxylic acids is 2. The molecule has 1 saturated heterocycles. The van der Waals surface area contributed by atoms with Crippen LogP contribution in [-0.2, 0) is 17.8 Å². The summed E-state index contributed by atoms with van der Waals surface area (Å²) in [5, 5.41) is 12.7. The van der Waals surface area contributed by atoms with E-state index in [0.717, 1.165) is 31.7 Å². The first kappa shape index (κ1) is 19.6. The Balaban J connectivity index is 1.45. The van der Waals surface area contributed by atoms with Gasteiger partial charge in [0.2, 0.25) is 5.43 Å². The van der Waals surface area contributed by atoms with E-state index in [2.05, 4.69) is 10.3 Å². The number of rotatable bonds is 3. The number of aromatic nitrogens is 2. The second-order valence-electron chi connectivity index (χ2n) is 7.88. The van der Waals surface area contributed by atoms with E-state index in [1.54, 1.807) is 4.90 Å². The second kappa shape index (κ2) is 7.12. The van der Waals surface area contributed by atoms with Gasteiger partial charge in [-0.05, 0) is 19.3 Å². The van der Waals surface area contributed by atoms with Crippen LogP contribution in [0.2, 0.25) is 0 Å². The number of nitrogens with one attached hydrogen (secondary N) is 1. The summed E-state index contributed by atoms with van der Waals surface area (Å²) in [5.41, 5.74) is -2.09. The Morgan fingerprint density at radius 3 is 2.74 bits per heavy atom. The van der Waals surface area contributed by atoms with Crippen LogP contribution in [0.1, 0.15) is 45.7 Å². The Kier molecular flexibility index (Phi) is 4.50. The SMILES string of the molecule is O=C(NCc1c(F)cncc1F)c1cn2c(c(O)c1=O)C(=O)N1C3CCC(C3)O[C@@H]1C2. The number of amides is 2. The lowest BCUT2D eigenvalue weighted by Crippen LogP contribution is -2.57. The summed E-state index contributed by atoms with van der Waals surface area (Å²) >= 11 is 0. The first-order valence-corrected chi connectivity index (χ1v) is 9.85. The molecular formula is C20H18F2N4O5. The molecule has 3 atom stereocenters. The smallest absolute Gasteiger partial charge is 0.276 e. The zero-order chi connectivity index (χ0) is 21.9. The summed E-state index contributed by atoms with van der Waals surface area (Å²) in [6.45, 7) is -0.376. The molecule has 0 spiro atoms. The normalized spacial score (nSPS) is 24.0. The lowest BCUT2D eigenvalue weighted by atomic mass is 10.1. The van der Waals surface area contributed by atoms with Gasteiger partial charge >= 0.3 is 0 Å². The van der Waals surface area contributed by atoms with Gasteiger partial charge in [0.05, 0.1) is 25.0 Å². The number of nitrogens with zero attached hydrogens (tertiary/aromatic N) is 3. The maximum Gasteiger partial charge on any atom is 0.276 e. The molecule has 5 rings (SSSR count). The Labute approximate surface area is 174 Å². The molecule has 3 aliphatic rings. The van der Waals surface area contributed by atoms with Gasteiger partial charge in [-0.15, -0.1) is 0 Å². The second-order valence-corrected chi connectivity index (χ2v) is 7.88. The van der Waals surface area contributed by atoms with Gasteiger partial charge in [-0.25, -0.2) is 8.78 Å². The van der Waals surface area contributed by atoms with Crippen molar-refractivity contribution < 1.29 is 28.2 Å². The van der Waals surface area contributed by atoms with Crippen LogP contribution in [0.25, 0.3) is 0 Å². The van der Waals surface area contributed by atoms with Crippen molar-refractivity contribution in [3.8, 4) is 5.75 Å². The Morgan fingerprint density at radius 1 is 1.26 bits per heavy atom. The molecule has 2 N–H and O–H groups in total. The molecule has 1 aliphatic carbocycles. The van der Waals surface area contributed by atoms with E-state index in [9.17, 15) is 28.3 Å². The molecule has 1 saturated carbocycles. The quantitative estimate of drug-likeness (QED) is 0.745. The molecular weight excluding hydrogens is 414 g/mol. The van der Waals surface area contributed by atoms with Gasteiger partial charge in [-0.1, -0.05) is 0 Å². The zero-order valence-corrected chi connectivity index (χ0v) is 16.2. The molecule has 0 radical (unpaired) electrons. The van der Waals surface area contributed by atoms with Crippen LogP contribution in [0.4, 0.5) is 8.78 Å². The molecule has 2 amide bonds. The van der Waals surface area contributed by atoms with Crippen LogP contribution in [0.3, 0.4) is 0 Å².